The minimum absolute atomic E-state index is 0.00729. The third kappa shape index (κ3) is 7.80. The number of carbonyl (C=O) groups is 2. The molecule has 2 aromatic carbocycles. The lowest BCUT2D eigenvalue weighted by molar-refractivity contribution is -0.117. The van der Waals surface area contributed by atoms with Crippen molar-refractivity contribution in [2.45, 2.75) is 31.9 Å². The number of hydrogen-bond donors (Lipinski definition) is 1. The molecule has 0 saturated carbocycles. The van der Waals surface area contributed by atoms with Crippen LogP contribution in [0.5, 0.6) is 11.5 Å². The molecule has 220 valence electrons. The number of carbonyl (C=O) groups excluding carboxylic acids is 2. The first-order chi connectivity index (χ1) is 19.4. The highest BCUT2D eigenvalue weighted by Gasteiger charge is 2.36. The van der Waals surface area contributed by atoms with E-state index in [2.05, 4.69) is 10.1 Å². The summed E-state index contributed by atoms with van der Waals surface area (Å²) < 4.78 is 87.0. The van der Waals surface area contributed by atoms with Gasteiger partial charge in [0.05, 0.1) is 13.7 Å². The van der Waals surface area contributed by atoms with Gasteiger partial charge >= 0.3 is 6.61 Å². The van der Waals surface area contributed by atoms with Crippen LogP contribution >= 0.6 is 0 Å². The van der Waals surface area contributed by atoms with Crippen molar-refractivity contribution in [1.82, 2.24) is 9.88 Å². The molecule has 2 amide bonds. The average molecular weight is 586 g/mol. The van der Waals surface area contributed by atoms with Crippen molar-refractivity contribution in [3.8, 4) is 11.5 Å². The second-order valence-corrected chi connectivity index (χ2v) is 8.63. The molecule has 1 aromatic heterocycles. The predicted octanol–water partition coefficient (Wildman–Crippen LogP) is 4.57. The van der Waals surface area contributed by atoms with E-state index in [0.29, 0.717) is 5.56 Å². The van der Waals surface area contributed by atoms with Crippen molar-refractivity contribution in [3.05, 3.63) is 87.8 Å². The van der Waals surface area contributed by atoms with Crippen molar-refractivity contribution in [2.24, 2.45) is 0 Å². The van der Waals surface area contributed by atoms with E-state index in [4.69, 9.17) is 4.74 Å². The van der Waals surface area contributed by atoms with E-state index < -0.39 is 48.6 Å². The first-order valence-electron chi connectivity index (χ1n) is 12.0. The molecule has 0 bridgehead atoms. The highest BCUT2D eigenvalue weighted by Crippen LogP contribution is 2.35. The zero-order valence-corrected chi connectivity index (χ0v) is 21.8. The van der Waals surface area contributed by atoms with Gasteiger partial charge in [0.15, 0.2) is 0 Å². The van der Waals surface area contributed by atoms with Crippen LogP contribution in [0.25, 0.3) is 0 Å². The summed E-state index contributed by atoms with van der Waals surface area (Å²) in [5.41, 5.74) is -0.730. The van der Waals surface area contributed by atoms with Crippen molar-refractivity contribution in [2.75, 3.05) is 25.6 Å². The molecule has 1 unspecified atom stereocenters. The number of hydrogen-bond acceptors (Lipinski definition) is 5. The lowest BCUT2D eigenvalue weighted by Crippen LogP contribution is -2.33. The first kappa shape index (κ1) is 31.0. The number of halogens is 6. The summed E-state index contributed by atoms with van der Waals surface area (Å²) in [5.74, 6) is -3.26. The van der Waals surface area contributed by atoms with Gasteiger partial charge in [-0.1, -0.05) is 0 Å². The lowest BCUT2D eigenvalue weighted by atomic mass is 9.97. The van der Waals surface area contributed by atoms with E-state index in [9.17, 15) is 40.7 Å². The van der Waals surface area contributed by atoms with E-state index in [1.807, 2.05) is 0 Å². The molecule has 0 aliphatic carbocycles. The summed E-state index contributed by atoms with van der Waals surface area (Å²) in [6.45, 7) is -3.78. The number of anilines is 1. The molecule has 41 heavy (non-hydrogen) atoms. The molecule has 1 aliphatic rings. The number of rotatable bonds is 8. The van der Waals surface area contributed by atoms with Gasteiger partial charge in [0.2, 0.25) is 5.91 Å². The van der Waals surface area contributed by atoms with Crippen molar-refractivity contribution >= 4 is 17.5 Å². The smallest absolute Gasteiger partial charge is 0.387 e. The highest BCUT2D eigenvalue weighted by atomic mass is 19.3. The molecule has 1 atom stereocenters. The summed E-state index contributed by atoms with van der Waals surface area (Å²) in [7, 11) is 2.76. The number of aromatic nitrogens is 1. The molecule has 1 N–H and O–H groups in total. The SMILES string of the molecule is CNC(=O)c1ccc(OC(F)F)cc1.COc1cc(F)c(C2CC(=O)N(c3cccn(CC(F)F)c3=O)C2)c(F)c1. The fourth-order valence-corrected chi connectivity index (χ4v) is 4.16. The van der Waals surface area contributed by atoms with Crippen LogP contribution in [0.3, 0.4) is 0 Å². The number of benzene rings is 2. The Morgan fingerprint density at radius 1 is 1.02 bits per heavy atom. The fourth-order valence-electron chi connectivity index (χ4n) is 4.16. The van der Waals surface area contributed by atoms with E-state index in [-0.39, 0.29) is 41.6 Å². The van der Waals surface area contributed by atoms with Gasteiger partial charge in [0.1, 0.15) is 28.8 Å². The second kappa shape index (κ2) is 13.7. The summed E-state index contributed by atoms with van der Waals surface area (Å²) in [4.78, 5) is 36.8. The molecule has 8 nitrogen and oxygen atoms in total. The molecule has 1 saturated heterocycles. The molecule has 1 aliphatic heterocycles. The standard InChI is InChI=1S/C18H16F4N2O3.C9H9F2NO2/c1-27-11-6-12(19)17(13(20)7-11)10-5-16(25)24(8-10)14-3-2-4-23(18(14)26)9-15(21)22;1-12-8(13)6-2-4-7(5-3-6)14-9(10)11/h2-4,6-7,10,15H,5,8-9H2,1H3;2-5,9H,1H3,(H,12,13). The zero-order chi connectivity index (χ0) is 30.3. The summed E-state index contributed by atoms with van der Waals surface area (Å²) in [5, 5.41) is 2.41. The van der Waals surface area contributed by atoms with Gasteiger partial charge in [-0.05, 0) is 36.4 Å². The maximum atomic E-state index is 14.3. The Morgan fingerprint density at radius 2 is 1.66 bits per heavy atom. The number of alkyl halides is 4. The second-order valence-electron chi connectivity index (χ2n) is 8.63. The largest absolute Gasteiger partial charge is 0.497 e. The van der Waals surface area contributed by atoms with Gasteiger partial charge in [-0.25, -0.2) is 17.6 Å². The number of pyridine rings is 1. The van der Waals surface area contributed by atoms with E-state index in [0.717, 1.165) is 21.6 Å². The number of ether oxygens (including phenoxy) is 2. The molecule has 3 aromatic rings. The number of nitrogens with one attached hydrogen (secondary N) is 1. The number of nitrogens with zero attached hydrogens (tertiary/aromatic N) is 2. The van der Waals surface area contributed by atoms with Crippen molar-refractivity contribution in [3.63, 3.8) is 0 Å². The van der Waals surface area contributed by atoms with Crippen LogP contribution in [0.15, 0.2) is 59.5 Å². The first-order valence-corrected chi connectivity index (χ1v) is 12.0. The number of amides is 2. The molecule has 1 fully saturated rings. The maximum Gasteiger partial charge on any atom is 0.387 e. The van der Waals surface area contributed by atoms with Gasteiger partial charge in [-0.2, -0.15) is 8.78 Å². The maximum absolute atomic E-state index is 14.3. The average Bonchev–Trinajstić information content (AvgIpc) is 3.29. The van der Waals surface area contributed by atoms with Crippen LogP contribution in [0.2, 0.25) is 0 Å². The van der Waals surface area contributed by atoms with Crippen LogP contribution < -0.4 is 25.2 Å². The molecular weight excluding hydrogens is 560 g/mol. The summed E-state index contributed by atoms with van der Waals surface area (Å²) in [6, 6.07) is 10.2. The topological polar surface area (TPSA) is 89.9 Å². The van der Waals surface area contributed by atoms with Gasteiger partial charge in [0.25, 0.3) is 17.9 Å². The lowest BCUT2D eigenvalue weighted by Gasteiger charge is -2.18. The number of methoxy groups -OCH3 is 1. The molecule has 0 radical (unpaired) electrons. The quantitative estimate of drug-likeness (QED) is 0.392. The van der Waals surface area contributed by atoms with E-state index in [1.54, 1.807) is 0 Å². The van der Waals surface area contributed by atoms with Crippen molar-refractivity contribution < 1.29 is 45.4 Å². The van der Waals surface area contributed by atoms with Gasteiger partial charge in [-0.15, -0.1) is 0 Å². The van der Waals surface area contributed by atoms with Crippen LogP contribution in [0.1, 0.15) is 28.3 Å². The molecule has 4 rings (SSSR count). The molecule has 14 heteroatoms. The Balaban J connectivity index is 0.000000278. The Kier molecular flexibility index (Phi) is 10.4. The Bertz CT molecular complexity index is 1410. The van der Waals surface area contributed by atoms with Crippen molar-refractivity contribution in [1.29, 1.82) is 0 Å². The van der Waals surface area contributed by atoms with Crippen LogP contribution in [-0.4, -0.2) is 50.1 Å². The normalized spacial score (nSPS) is 14.6. The Hall–Kier alpha value is -4.49. The predicted molar refractivity (Wildman–Crippen MR) is 136 cm³/mol. The van der Waals surface area contributed by atoms with E-state index in [1.165, 1.54) is 56.8 Å². The van der Waals surface area contributed by atoms with Crippen LogP contribution in [0.4, 0.5) is 32.0 Å². The fraction of sp³-hybridized carbons (Fsp3) is 0.296. The van der Waals surface area contributed by atoms with Crippen LogP contribution in [-0.2, 0) is 11.3 Å². The molecule has 0 spiro atoms. The zero-order valence-electron chi connectivity index (χ0n) is 21.8. The van der Waals surface area contributed by atoms with Crippen LogP contribution in [0, 0.1) is 11.6 Å². The van der Waals surface area contributed by atoms with Gasteiger partial charge in [-0.3, -0.25) is 14.4 Å². The third-order valence-corrected chi connectivity index (χ3v) is 6.02. The minimum atomic E-state index is -2.85. The summed E-state index contributed by atoms with van der Waals surface area (Å²) >= 11 is 0. The third-order valence-electron chi connectivity index (χ3n) is 6.02. The Morgan fingerprint density at radius 3 is 2.20 bits per heavy atom. The monoisotopic (exact) mass is 585 g/mol. The van der Waals surface area contributed by atoms with E-state index >= 15 is 0 Å². The van der Waals surface area contributed by atoms with Gasteiger partial charge in [0, 0.05) is 55.4 Å². The summed E-state index contributed by atoms with van der Waals surface area (Å²) in [6.07, 6.45) is -1.75. The molecular formula is C27H25F6N3O5. The molecule has 2 heterocycles. The highest BCUT2D eigenvalue weighted by molar-refractivity contribution is 5.96. The Labute approximate surface area is 230 Å². The minimum Gasteiger partial charge on any atom is -0.497 e. The van der Waals surface area contributed by atoms with Gasteiger partial charge < -0.3 is 24.3 Å².